The zero-order chi connectivity index (χ0) is 18.4. The van der Waals surface area contributed by atoms with Crippen molar-refractivity contribution in [1.29, 1.82) is 0 Å². The standard InChI is InChI=1S/C16H14BrF3N4O/c1-8(10-3-5-11(6-4-10)16(18,19)20)7-24-14-12(13(17)23-24)15(25)22-9(2)21-14/h3-6,8H,7H2,1-2H3,(H,21,22,25). The fraction of sp³-hybridized carbons (Fsp3) is 0.312. The van der Waals surface area contributed by atoms with Gasteiger partial charge >= 0.3 is 6.18 Å². The number of H-pyrrole nitrogens is 1. The van der Waals surface area contributed by atoms with Crippen LogP contribution in [0.2, 0.25) is 0 Å². The van der Waals surface area contributed by atoms with Gasteiger partial charge in [-0.2, -0.15) is 18.3 Å². The van der Waals surface area contributed by atoms with E-state index in [1.54, 1.807) is 11.6 Å². The summed E-state index contributed by atoms with van der Waals surface area (Å²) in [6.07, 6.45) is -4.35. The lowest BCUT2D eigenvalue weighted by Gasteiger charge is -2.14. The van der Waals surface area contributed by atoms with Gasteiger partial charge in [0.05, 0.1) is 5.56 Å². The number of rotatable bonds is 3. The van der Waals surface area contributed by atoms with E-state index in [-0.39, 0.29) is 11.5 Å². The third-order valence-electron chi connectivity index (χ3n) is 3.93. The lowest BCUT2D eigenvalue weighted by Crippen LogP contribution is -2.13. The van der Waals surface area contributed by atoms with Gasteiger partial charge in [0.25, 0.3) is 5.56 Å². The van der Waals surface area contributed by atoms with Crippen LogP contribution in [0.25, 0.3) is 11.0 Å². The smallest absolute Gasteiger partial charge is 0.310 e. The number of aryl methyl sites for hydroxylation is 1. The van der Waals surface area contributed by atoms with E-state index < -0.39 is 11.7 Å². The van der Waals surface area contributed by atoms with Crippen molar-refractivity contribution in [2.24, 2.45) is 0 Å². The molecule has 132 valence electrons. The van der Waals surface area contributed by atoms with Crippen LogP contribution in [0.15, 0.2) is 33.7 Å². The van der Waals surface area contributed by atoms with E-state index in [9.17, 15) is 18.0 Å². The van der Waals surface area contributed by atoms with Gasteiger partial charge in [-0.25, -0.2) is 9.67 Å². The van der Waals surface area contributed by atoms with Gasteiger partial charge in [-0.1, -0.05) is 19.1 Å². The molecule has 2 heterocycles. The highest BCUT2D eigenvalue weighted by molar-refractivity contribution is 9.10. The first-order valence-electron chi connectivity index (χ1n) is 7.47. The maximum Gasteiger partial charge on any atom is 0.416 e. The largest absolute Gasteiger partial charge is 0.416 e. The van der Waals surface area contributed by atoms with Gasteiger partial charge in [0, 0.05) is 12.5 Å². The number of nitrogens with one attached hydrogen (secondary N) is 1. The minimum atomic E-state index is -4.35. The summed E-state index contributed by atoms with van der Waals surface area (Å²) >= 11 is 3.25. The van der Waals surface area contributed by atoms with E-state index in [0.29, 0.717) is 28.0 Å². The number of hydrogen-bond donors (Lipinski definition) is 1. The molecule has 0 aliphatic carbocycles. The van der Waals surface area contributed by atoms with Crippen LogP contribution in [-0.2, 0) is 12.7 Å². The van der Waals surface area contributed by atoms with Gasteiger partial charge in [0.15, 0.2) is 5.65 Å². The molecular weight excluding hydrogens is 401 g/mol. The van der Waals surface area contributed by atoms with Crippen LogP contribution in [0, 0.1) is 6.92 Å². The summed E-state index contributed by atoms with van der Waals surface area (Å²) < 4.78 is 40.0. The monoisotopic (exact) mass is 414 g/mol. The molecule has 5 nitrogen and oxygen atoms in total. The average molecular weight is 415 g/mol. The number of fused-ring (bicyclic) bond motifs is 1. The van der Waals surface area contributed by atoms with Crippen molar-refractivity contribution in [2.75, 3.05) is 0 Å². The molecule has 0 spiro atoms. The Morgan fingerprint density at radius 2 is 1.92 bits per heavy atom. The topological polar surface area (TPSA) is 63.6 Å². The molecule has 1 unspecified atom stereocenters. The van der Waals surface area contributed by atoms with Gasteiger partial charge < -0.3 is 4.98 Å². The number of aromatic nitrogens is 4. The molecule has 0 radical (unpaired) electrons. The Morgan fingerprint density at radius 3 is 2.52 bits per heavy atom. The Kier molecular flexibility index (Phi) is 4.44. The molecule has 0 amide bonds. The summed E-state index contributed by atoms with van der Waals surface area (Å²) in [5.74, 6) is 0.354. The lowest BCUT2D eigenvalue weighted by atomic mass is 10.00. The molecule has 25 heavy (non-hydrogen) atoms. The van der Waals surface area contributed by atoms with Gasteiger partial charge in [-0.05, 0) is 40.5 Å². The maximum absolute atomic E-state index is 12.7. The molecule has 1 aromatic carbocycles. The Morgan fingerprint density at radius 1 is 1.28 bits per heavy atom. The predicted octanol–water partition coefficient (Wildman–Crippen LogP) is 4.01. The third-order valence-corrected chi connectivity index (χ3v) is 4.49. The molecule has 0 bridgehead atoms. The van der Waals surface area contributed by atoms with Crippen molar-refractivity contribution in [3.8, 4) is 0 Å². The second kappa shape index (κ2) is 6.29. The normalized spacial score (nSPS) is 13.4. The van der Waals surface area contributed by atoms with E-state index in [1.165, 1.54) is 12.1 Å². The van der Waals surface area contributed by atoms with E-state index in [4.69, 9.17) is 0 Å². The zero-order valence-electron chi connectivity index (χ0n) is 13.4. The molecule has 1 N–H and O–H groups in total. The highest BCUT2D eigenvalue weighted by atomic mass is 79.9. The molecule has 9 heteroatoms. The highest BCUT2D eigenvalue weighted by Crippen LogP contribution is 2.30. The van der Waals surface area contributed by atoms with Crippen LogP contribution < -0.4 is 5.56 Å². The van der Waals surface area contributed by atoms with Crippen LogP contribution in [0.3, 0.4) is 0 Å². The average Bonchev–Trinajstić information content (AvgIpc) is 2.82. The highest BCUT2D eigenvalue weighted by Gasteiger charge is 2.30. The summed E-state index contributed by atoms with van der Waals surface area (Å²) in [5.41, 5.74) is 0.212. The van der Waals surface area contributed by atoms with Crippen LogP contribution in [0.4, 0.5) is 13.2 Å². The number of aromatic amines is 1. The molecule has 0 saturated heterocycles. The Labute approximate surface area is 149 Å². The predicted molar refractivity (Wildman–Crippen MR) is 90.4 cm³/mol. The molecule has 0 fully saturated rings. The minimum absolute atomic E-state index is 0.112. The Hall–Kier alpha value is -2.16. The fourth-order valence-corrected chi connectivity index (χ4v) is 3.19. The second-order valence-electron chi connectivity index (χ2n) is 5.84. The first-order chi connectivity index (χ1) is 11.7. The molecule has 0 aliphatic heterocycles. The third kappa shape index (κ3) is 3.46. The van der Waals surface area contributed by atoms with Crippen LogP contribution >= 0.6 is 15.9 Å². The summed E-state index contributed by atoms with van der Waals surface area (Å²) in [6, 6.07) is 5.05. The van der Waals surface area contributed by atoms with Crippen molar-refractivity contribution in [2.45, 2.75) is 32.5 Å². The van der Waals surface area contributed by atoms with Crippen molar-refractivity contribution >= 4 is 27.0 Å². The van der Waals surface area contributed by atoms with Crippen molar-refractivity contribution in [1.82, 2.24) is 19.7 Å². The summed E-state index contributed by atoms with van der Waals surface area (Å²) in [5, 5.41) is 4.64. The summed E-state index contributed by atoms with van der Waals surface area (Å²) in [6.45, 7) is 3.93. The number of benzene rings is 1. The minimum Gasteiger partial charge on any atom is -0.310 e. The molecule has 0 aliphatic rings. The number of halogens is 4. The van der Waals surface area contributed by atoms with E-state index in [2.05, 4.69) is 31.0 Å². The van der Waals surface area contributed by atoms with E-state index in [0.717, 1.165) is 17.7 Å². The summed E-state index contributed by atoms with van der Waals surface area (Å²) in [4.78, 5) is 19.0. The van der Waals surface area contributed by atoms with Crippen LogP contribution in [0.5, 0.6) is 0 Å². The van der Waals surface area contributed by atoms with Crippen LogP contribution in [-0.4, -0.2) is 19.7 Å². The maximum atomic E-state index is 12.7. The Balaban J connectivity index is 1.92. The van der Waals surface area contributed by atoms with E-state index >= 15 is 0 Å². The first kappa shape index (κ1) is 17.7. The molecule has 1 atom stereocenters. The first-order valence-corrected chi connectivity index (χ1v) is 8.26. The van der Waals surface area contributed by atoms with Crippen molar-refractivity contribution in [3.05, 3.63) is 56.2 Å². The second-order valence-corrected chi connectivity index (χ2v) is 6.59. The van der Waals surface area contributed by atoms with Crippen molar-refractivity contribution < 1.29 is 13.2 Å². The lowest BCUT2D eigenvalue weighted by molar-refractivity contribution is -0.137. The van der Waals surface area contributed by atoms with Gasteiger partial charge in [0.2, 0.25) is 0 Å². The van der Waals surface area contributed by atoms with Gasteiger partial charge in [0.1, 0.15) is 15.8 Å². The van der Waals surface area contributed by atoms with Gasteiger partial charge in [-0.15, -0.1) is 0 Å². The molecule has 0 saturated carbocycles. The van der Waals surface area contributed by atoms with E-state index in [1.807, 2.05) is 6.92 Å². The molecule has 3 aromatic rings. The zero-order valence-corrected chi connectivity index (χ0v) is 14.9. The molecular formula is C16H14BrF3N4O. The number of hydrogen-bond acceptors (Lipinski definition) is 3. The quantitative estimate of drug-likeness (QED) is 0.703. The number of alkyl halides is 3. The fourth-order valence-electron chi connectivity index (χ4n) is 2.64. The van der Waals surface area contributed by atoms with Gasteiger partial charge in [-0.3, -0.25) is 4.79 Å². The molecule has 2 aromatic heterocycles. The molecule has 3 rings (SSSR count). The van der Waals surface area contributed by atoms with Crippen molar-refractivity contribution in [3.63, 3.8) is 0 Å². The SMILES string of the molecule is Cc1nc2c(c(Br)nn2CC(C)c2ccc(C(F)(F)F)cc2)c(=O)[nH]1. The number of nitrogens with zero attached hydrogens (tertiary/aromatic N) is 3. The Bertz CT molecular complexity index is 976. The van der Waals surface area contributed by atoms with Crippen LogP contribution in [0.1, 0.15) is 29.8 Å². The summed E-state index contributed by atoms with van der Waals surface area (Å²) in [7, 11) is 0.